The maximum absolute atomic E-state index is 6.21. The average Bonchev–Trinajstić information content (AvgIpc) is 3.15. The minimum atomic E-state index is -0.0957. The fourth-order valence-corrected chi connectivity index (χ4v) is 3.07. The Labute approximate surface area is 163 Å². The lowest BCUT2D eigenvalue weighted by molar-refractivity contribution is 0.286. The Morgan fingerprint density at radius 1 is 1.14 bits per heavy atom. The van der Waals surface area contributed by atoms with Gasteiger partial charge in [-0.1, -0.05) is 36.9 Å². The number of hydrogen-bond donors (Lipinski definition) is 2. The molecule has 3 N–H and O–H groups in total. The zero-order valence-corrected chi connectivity index (χ0v) is 15.4. The van der Waals surface area contributed by atoms with Gasteiger partial charge in [0.2, 0.25) is 0 Å². The molecule has 4 rings (SSSR count). The van der Waals surface area contributed by atoms with Gasteiger partial charge in [-0.25, -0.2) is 0 Å². The van der Waals surface area contributed by atoms with E-state index < -0.39 is 0 Å². The number of nitrogens with zero attached hydrogens (tertiary/aromatic N) is 3. The van der Waals surface area contributed by atoms with Crippen molar-refractivity contribution in [3.8, 4) is 17.0 Å². The van der Waals surface area contributed by atoms with Crippen molar-refractivity contribution in [1.82, 2.24) is 20.2 Å². The smallest absolute Gasteiger partial charge is 0.138 e. The largest absolute Gasteiger partial charge is 0.490 e. The molecule has 0 unspecified atom stereocenters. The first-order valence-corrected chi connectivity index (χ1v) is 9.07. The molecule has 0 bridgehead atoms. The fourth-order valence-electron chi connectivity index (χ4n) is 3.07. The summed E-state index contributed by atoms with van der Waals surface area (Å²) in [5, 5.41) is 8.12. The second-order valence-corrected chi connectivity index (χ2v) is 6.60. The lowest BCUT2D eigenvalue weighted by Gasteiger charge is -2.13. The minimum absolute atomic E-state index is 0.0957. The van der Waals surface area contributed by atoms with Crippen LogP contribution in [0.1, 0.15) is 11.3 Å². The van der Waals surface area contributed by atoms with Gasteiger partial charge >= 0.3 is 0 Å². The van der Waals surface area contributed by atoms with Crippen LogP contribution in [0.4, 0.5) is 0 Å². The van der Waals surface area contributed by atoms with Gasteiger partial charge in [-0.2, -0.15) is 5.10 Å². The van der Waals surface area contributed by atoms with Crippen molar-refractivity contribution < 1.29 is 4.74 Å². The van der Waals surface area contributed by atoms with E-state index in [1.807, 2.05) is 30.3 Å². The number of ether oxygens (including phenoxy) is 1. The number of fused-ring (bicyclic) bond motifs is 1. The van der Waals surface area contributed by atoms with E-state index in [1.165, 1.54) is 5.56 Å². The van der Waals surface area contributed by atoms with E-state index in [0.29, 0.717) is 12.4 Å². The number of nitrogens with one attached hydrogen (secondary N) is 1. The average molecular weight is 371 g/mol. The number of pyridine rings is 2. The Morgan fingerprint density at radius 3 is 2.82 bits per heavy atom. The highest BCUT2D eigenvalue weighted by molar-refractivity contribution is 5.88. The third kappa shape index (κ3) is 3.92. The number of rotatable bonds is 7. The maximum Gasteiger partial charge on any atom is 0.138 e. The van der Waals surface area contributed by atoms with Crippen molar-refractivity contribution in [2.45, 2.75) is 12.5 Å². The molecule has 4 aromatic rings. The van der Waals surface area contributed by atoms with Crippen molar-refractivity contribution in [3.05, 3.63) is 78.9 Å². The summed E-state index contributed by atoms with van der Waals surface area (Å²) in [4.78, 5) is 8.77. The predicted molar refractivity (Wildman–Crippen MR) is 111 cm³/mol. The molecule has 0 aliphatic heterocycles. The van der Waals surface area contributed by atoms with Gasteiger partial charge in [-0.15, -0.1) is 0 Å². The van der Waals surface area contributed by atoms with Crippen LogP contribution >= 0.6 is 0 Å². The third-order valence-corrected chi connectivity index (χ3v) is 4.48. The van der Waals surface area contributed by atoms with Gasteiger partial charge in [-0.3, -0.25) is 15.1 Å². The Balaban J connectivity index is 1.48. The summed E-state index contributed by atoms with van der Waals surface area (Å²) < 4.78 is 5.87. The topological polar surface area (TPSA) is 89.7 Å². The molecule has 0 aliphatic rings. The Hall–Kier alpha value is -3.51. The molecule has 0 amide bonds. The zero-order valence-electron chi connectivity index (χ0n) is 15.4. The van der Waals surface area contributed by atoms with Crippen LogP contribution < -0.4 is 10.5 Å². The number of nitrogens with two attached hydrogens (primary N) is 1. The SMILES string of the molecule is C=Cc1n[nH]c2cnc(-c3cncc(OC[C@@H](N)Cc4ccccc4)c3)cc12. The molecule has 1 atom stereocenters. The van der Waals surface area contributed by atoms with E-state index in [-0.39, 0.29) is 6.04 Å². The molecular weight excluding hydrogens is 350 g/mol. The van der Waals surface area contributed by atoms with Crippen molar-refractivity contribution >= 4 is 17.0 Å². The van der Waals surface area contributed by atoms with Crippen LogP contribution in [0.3, 0.4) is 0 Å². The second-order valence-electron chi connectivity index (χ2n) is 6.60. The first-order valence-electron chi connectivity index (χ1n) is 9.07. The van der Waals surface area contributed by atoms with Crippen LogP contribution in [-0.2, 0) is 6.42 Å². The molecule has 1 aromatic carbocycles. The molecule has 3 aromatic heterocycles. The number of aromatic amines is 1. The number of benzene rings is 1. The van der Waals surface area contributed by atoms with Gasteiger partial charge in [-0.05, 0) is 30.2 Å². The summed E-state index contributed by atoms with van der Waals surface area (Å²) in [7, 11) is 0. The number of hydrogen-bond acceptors (Lipinski definition) is 5. The van der Waals surface area contributed by atoms with Crippen LogP contribution in [0.15, 0.2) is 67.6 Å². The van der Waals surface area contributed by atoms with Crippen LogP contribution in [0.25, 0.3) is 28.2 Å². The van der Waals surface area contributed by atoms with Crippen LogP contribution in [0.5, 0.6) is 5.75 Å². The lowest BCUT2D eigenvalue weighted by Crippen LogP contribution is -2.30. The number of H-pyrrole nitrogens is 1. The second kappa shape index (κ2) is 8.02. The summed E-state index contributed by atoms with van der Waals surface area (Å²) >= 11 is 0. The Kier molecular flexibility index (Phi) is 5.12. The summed E-state index contributed by atoms with van der Waals surface area (Å²) in [5.41, 5.74) is 10.7. The van der Waals surface area contributed by atoms with Gasteiger partial charge in [0.05, 0.1) is 29.3 Å². The van der Waals surface area contributed by atoms with Crippen molar-refractivity contribution in [2.75, 3.05) is 6.61 Å². The van der Waals surface area contributed by atoms with Crippen molar-refractivity contribution in [2.24, 2.45) is 5.73 Å². The summed E-state index contributed by atoms with van der Waals surface area (Å²) in [6.45, 7) is 4.20. The quantitative estimate of drug-likeness (QED) is 0.518. The number of aromatic nitrogens is 4. The van der Waals surface area contributed by atoms with E-state index in [2.05, 4.69) is 38.9 Å². The molecule has 0 spiro atoms. The van der Waals surface area contributed by atoms with E-state index in [1.54, 1.807) is 24.7 Å². The highest BCUT2D eigenvalue weighted by atomic mass is 16.5. The molecular formula is C22H21N5O. The summed E-state index contributed by atoms with van der Waals surface area (Å²) in [5.74, 6) is 0.666. The molecule has 0 saturated carbocycles. The molecule has 3 heterocycles. The molecule has 6 heteroatoms. The summed E-state index contributed by atoms with van der Waals surface area (Å²) in [6.07, 6.45) is 7.68. The minimum Gasteiger partial charge on any atom is -0.490 e. The summed E-state index contributed by atoms with van der Waals surface area (Å²) in [6, 6.07) is 13.9. The molecule has 140 valence electrons. The van der Waals surface area contributed by atoms with Crippen LogP contribution in [0, 0.1) is 0 Å². The molecule has 28 heavy (non-hydrogen) atoms. The predicted octanol–water partition coefficient (Wildman–Crippen LogP) is 3.61. The molecule has 0 saturated heterocycles. The van der Waals surface area contributed by atoms with Crippen LogP contribution in [-0.4, -0.2) is 32.8 Å². The van der Waals surface area contributed by atoms with E-state index >= 15 is 0 Å². The van der Waals surface area contributed by atoms with E-state index in [0.717, 1.165) is 34.3 Å². The van der Waals surface area contributed by atoms with E-state index in [4.69, 9.17) is 10.5 Å². The Bertz CT molecular complexity index is 1090. The third-order valence-electron chi connectivity index (χ3n) is 4.48. The molecule has 0 fully saturated rings. The van der Waals surface area contributed by atoms with E-state index in [9.17, 15) is 0 Å². The monoisotopic (exact) mass is 371 g/mol. The lowest BCUT2D eigenvalue weighted by atomic mass is 10.1. The maximum atomic E-state index is 6.21. The fraction of sp³-hybridized carbons (Fsp3) is 0.136. The highest BCUT2D eigenvalue weighted by Crippen LogP contribution is 2.25. The normalized spacial score (nSPS) is 12.0. The molecule has 6 nitrogen and oxygen atoms in total. The van der Waals surface area contributed by atoms with Gasteiger partial charge in [0.15, 0.2) is 0 Å². The van der Waals surface area contributed by atoms with Gasteiger partial charge in [0, 0.05) is 23.2 Å². The molecule has 0 radical (unpaired) electrons. The van der Waals surface area contributed by atoms with Crippen LogP contribution in [0.2, 0.25) is 0 Å². The first kappa shape index (κ1) is 17.9. The van der Waals surface area contributed by atoms with Gasteiger partial charge in [0.25, 0.3) is 0 Å². The standard InChI is InChI=1S/C22H21N5O/c1-2-20-19-10-21(25-13-22(19)27-26-20)16-9-18(12-24-11-16)28-14-17(23)8-15-6-4-3-5-7-15/h2-7,9-13,17H,1,8,14,23H2,(H,26,27)/t17-/m0/s1. The van der Waals surface area contributed by atoms with Gasteiger partial charge < -0.3 is 10.5 Å². The Morgan fingerprint density at radius 2 is 2.00 bits per heavy atom. The highest BCUT2D eigenvalue weighted by Gasteiger charge is 2.09. The van der Waals surface area contributed by atoms with Crippen molar-refractivity contribution in [3.63, 3.8) is 0 Å². The molecule has 0 aliphatic carbocycles. The zero-order chi connectivity index (χ0) is 19.3. The first-order chi connectivity index (χ1) is 13.7. The van der Waals surface area contributed by atoms with Crippen molar-refractivity contribution in [1.29, 1.82) is 0 Å². The van der Waals surface area contributed by atoms with Gasteiger partial charge in [0.1, 0.15) is 12.4 Å².